The summed E-state index contributed by atoms with van der Waals surface area (Å²) in [5.41, 5.74) is 9.43. The summed E-state index contributed by atoms with van der Waals surface area (Å²) in [7, 11) is 3.25. The Labute approximate surface area is 316 Å². The van der Waals surface area contributed by atoms with Gasteiger partial charge in [0.1, 0.15) is 5.69 Å². The first-order chi connectivity index (χ1) is 26.1. The molecular weight excluding hydrogens is 707 g/mol. The van der Waals surface area contributed by atoms with Gasteiger partial charge >= 0.3 is 0 Å². The Kier molecular flexibility index (Phi) is 10.6. The van der Waals surface area contributed by atoms with Gasteiger partial charge in [0.25, 0.3) is 17.7 Å². The molecule has 7 rings (SSSR count). The maximum Gasteiger partial charge on any atom is 0.272 e. The average molecular weight is 748 g/mol. The number of nitrogen functional groups attached to an aromatic ring is 1. The standard InChI is InChI=1S/C40H41N7O6S/c1-46-23-28(19-32(46)38(49)45-27-13-14-35-24(17-27)18-36(54-35)39(50)44-26-11-9-25(41)10-12-26)43-37(48)8-6-16-53-34-21-31-30(20-33(34)52-2)40(51)47-15-5-3-4-7-29(47)22-42-31/h9-14,17-23,29H,3-8,15-16,41H2,1-2H3,(H,43,48)(H,44,50)(H,45,49). The zero-order valence-electron chi connectivity index (χ0n) is 30.0. The predicted molar refractivity (Wildman–Crippen MR) is 212 cm³/mol. The van der Waals surface area contributed by atoms with Crippen LogP contribution in [0.25, 0.3) is 10.1 Å². The van der Waals surface area contributed by atoms with Crippen LogP contribution in [0, 0.1) is 0 Å². The minimum atomic E-state index is -0.352. The van der Waals surface area contributed by atoms with Crippen LogP contribution < -0.4 is 31.2 Å². The average Bonchev–Trinajstić information content (AvgIpc) is 3.63. The Hall–Kier alpha value is -6.15. The highest BCUT2D eigenvalue weighted by atomic mass is 32.1. The summed E-state index contributed by atoms with van der Waals surface area (Å²) in [5.74, 6) is 0.0209. The van der Waals surface area contributed by atoms with Gasteiger partial charge in [-0.25, -0.2) is 0 Å². The van der Waals surface area contributed by atoms with E-state index in [4.69, 9.17) is 15.2 Å². The van der Waals surface area contributed by atoms with Gasteiger partial charge in [0.05, 0.1) is 41.6 Å². The van der Waals surface area contributed by atoms with Gasteiger partial charge in [0, 0.05) is 60.3 Å². The molecule has 1 saturated heterocycles. The summed E-state index contributed by atoms with van der Waals surface area (Å²) in [6.07, 6.45) is 8.17. The molecule has 2 aliphatic rings. The number of aliphatic imine (C=N–C) groups is 1. The van der Waals surface area contributed by atoms with Crippen LogP contribution in [-0.2, 0) is 11.8 Å². The van der Waals surface area contributed by atoms with Crippen molar-refractivity contribution in [1.29, 1.82) is 0 Å². The van der Waals surface area contributed by atoms with Crippen molar-refractivity contribution in [2.75, 3.05) is 41.9 Å². The largest absolute Gasteiger partial charge is 0.493 e. The number of nitrogens with two attached hydrogens (primary N) is 1. The van der Waals surface area contributed by atoms with Gasteiger partial charge in [-0.2, -0.15) is 0 Å². The lowest BCUT2D eigenvalue weighted by atomic mass is 10.1. The van der Waals surface area contributed by atoms with Crippen LogP contribution >= 0.6 is 11.3 Å². The number of hydrogen-bond acceptors (Lipinski definition) is 9. The molecule has 14 heteroatoms. The van der Waals surface area contributed by atoms with Gasteiger partial charge in [-0.1, -0.05) is 12.8 Å². The number of nitrogens with one attached hydrogen (secondary N) is 3. The molecule has 2 aromatic heterocycles. The Bertz CT molecular complexity index is 2260. The van der Waals surface area contributed by atoms with Crippen LogP contribution in [0.5, 0.6) is 11.5 Å². The second-order valence-corrected chi connectivity index (χ2v) is 14.4. The molecule has 0 bridgehead atoms. The van der Waals surface area contributed by atoms with Gasteiger partial charge in [0.15, 0.2) is 11.5 Å². The number of aromatic nitrogens is 1. The zero-order chi connectivity index (χ0) is 37.8. The number of nitrogens with zero attached hydrogens (tertiary/aromatic N) is 3. The number of carbonyl (C=O) groups excluding carboxylic acids is 4. The molecule has 0 saturated carbocycles. The Morgan fingerprint density at radius 3 is 2.52 bits per heavy atom. The maximum absolute atomic E-state index is 13.4. The number of rotatable bonds is 11. The SMILES string of the molecule is COc1cc2c(cc1OCCCC(=O)Nc1cc(C(=O)Nc3ccc4sc(C(=O)Nc5ccc(N)cc5)cc4c3)n(C)c1)N=CC1CCCCCN1C2=O. The van der Waals surface area contributed by atoms with Crippen LogP contribution in [0.3, 0.4) is 0 Å². The summed E-state index contributed by atoms with van der Waals surface area (Å²) in [6, 6.07) is 19.2. The fourth-order valence-electron chi connectivity index (χ4n) is 6.65. The Morgan fingerprint density at radius 2 is 1.70 bits per heavy atom. The van der Waals surface area contributed by atoms with Crippen LogP contribution in [-0.4, -0.2) is 65.6 Å². The van der Waals surface area contributed by atoms with Crippen molar-refractivity contribution >= 4 is 79.7 Å². The van der Waals surface area contributed by atoms with Crippen molar-refractivity contribution in [2.45, 2.75) is 44.6 Å². The molecule has 1 atom stereocenters. The van der Waals surface area contributed by atoms with Gasteiger partial charge in [-0.3, -0.25) is 24.2 Å². The monoisotopic (exact) mass is 747 g/mol. The smallest absolute Gasteiger partial charge is 0.272 e. The van der Waals surface area contributed by atoms with Crippen molar-refractivity contribution in [3.05, 3.63) is 89.1 Å². The fraction of sp³-hybridized carbons (Fsp3) is 0.275. The summed E-state index contributed by atoms with van der Waals surface area (Å²) >= 11 is 1.36. The van der Waals surface area contributed by atoms with Crippen molar-refractivity contribution in [3.8, 4) is 11.5 Å². The zero-order valence-corrected chi connectivity index (χ0v) is 30.8. The van der Waals surface area contributed by atoms with E-state index in [0.717, 1.165) is 35.8 Å². The van der Waals surface area contributed by atoms with E-state index in [0.29, 0.717) is 69.0 Å². The third-order valence-electron chi connectivity index (χ3n) is 9.45. The molecule has 1 unspecified atom stereocenters. The number of fused-ring (bicyclic) bond motifs is 3. The number of aryl methyl sites for hydroxylation is 1. The quantitative estimate of drug-likeness (QED) is 0.0816. The third-order valence-corrected chi connectivity index (χ3v) is 10.6. The highest BCUT2D eigenvalue weighted by Crippen LogP contribution is 2.38. The normalized spacial score (nSPS) is 15.1. The van der Waals surface area contributed by atoms with E-state index in [1.807, 2.05) is 23.2 Å². The summed E-state index contributed by atoms with van der Waals surface area (Å²) in [6.45, 7) is 0.945. The van der Waals surface area contributed by atoms with E-state index >= 15 is 0 Å². The molecule has 0 spiro atoms. The van der Waals surface area contributed by atoms with E-state index in [-0.39, 0.29) is 42.7 Å². The molecular formula is C40H41N7O6S. The van der Waals surface area contributed by atoms with Crippen LogP contribution in [0.1, 0.15) is 69.0 Å². The second-order valence-electron chi connectivity index (χ2n) is 13.3. The number of carbonyl (C=O) groups is 4. The number of amides is 4. The van der Waals surface area contributed by atoms with Crippen LogP contribution in [0.15, 0.2) is 77.9 Å². The molecule has 1 fully saturated rings. The molecule has 0 radical (unpaired) electrons. The van der Waals surface area contributed by atoms with E-state index in [1.165, 1.54) is 18.4 Å². The predicted octanol–water partition coefficient (Wildman–Crippen LogP) is 7.23. The molecule has 0 aliphatic carbocycles. The van der Waals surface area contributed by atoms with Crippen molar-refractivity contribution in [3.63, 3.8) is 0 Å². The summed E-state index contributed by atoms with van der Waals surface area (Å²) in [5, 5.41) is 9.46. The lowest BCUT2D eigenvalue weighted by Gasteiger charge is -2.26. The Morgan fingerprint density at radius 1 is 0.907 bits per heavy atom. The van der Waals surface area contributed by atoms with Gasteiger partial charge in [0.2, 0.25) is 5.91 Å². The van der Waals surface area contributed by atoms with E-state index in [9.17, 15) is 19.2 Å². The first kappa shape index (κ1) is 36.2. The molecule has 54 heavy (non-hydrogen) atoms. The first-order valence-corrected chi connectivity index (χ1v) is 18.6. The third kappa shape index (κ3) is 8.08. The number of hydrogen-bond donors (Lipinski definition) is 4. The molecule has 4 heterocycles. The molecule has 13 nitrogen and oxygen atoms in total. The minimum absolute atomic E-state index is 0.0172. The van der Waals surface area contributed by atoms with Gasteiger partial charge in [-0.05, 0) is 85.3 Å². The number of ether oxygens (including phenoxy) is 2. The summed E-state index contributed by atoms with van der Waals surface area (Å²) in [4.78, 5) is 59.4. The molecule has 5 N–H and O–H groups in total. The molecule has 2 aliphatic heterocycles. The highest BCUT2D eigenvalue weighted by molar-refractivity contribution is 7.20. The van der Waals surface area contributed by atoms with Crippen LogP contribution in [0.2, 0.25) is 0 Å². The molecule has 3 aromatic carbocycles. The summed E-state index contributed by atoms with van der Waals surface area (Å²) < 4.78 is 14.1. The van der Waals surface area contributed by atoms with E-state index in [1.54, 1.807) is 72.4 Å². The lowest BCUT2D eigenvalue weighted by molar-refractivity contribution is -0.116. The molecule has 5 aromatic rings. The van der Waals surface area contributed by atoms with Crippen molar-refractivity contribution in [1.82, 2.24) is 9.47 Å². The number of anilines is 4. The topological polar surface area (TPSA) is 169 Å². The maximum atomic E-state index is 13.4. The number of methoxy groups -OCH3 is 1. The lowest BCUT2D eigenvalue weighted by Crippen LogP contribution is -2.40. The van der Waals surface area contributed by atoms with E-state index < -0.39 is 0 Å². The molecule has 4 amide bonds. The first-order valence-electron chi connectivity index (χ1n) is 17.8. The number of benzene rings is 3. The number of thiophene rings is 1. The minimum Gasteiger partial charge on any atom is -0.493 e. The molecule has 278 valence electrons. The van der Waals surface area contributed by atoms with Gasteiger partial charge < -0.3 is 40.6 Å². The second kappa shape index (κ2) is 15.8. The van der Waals surface area contributed by atoms with Crippen molar-refractivity contribution < 1.29 is 28.7 Å². The highest BCUT2D eigenvalue weighted by Gasteiger charge is 2.30. The van der Waals surface area contributed by atoms with Gasteiger partial charge in [-0.15, -0.1) is 11.3 Å². The van der Waals surface area contributed by atoms with E-state index in [2.05, 4.69) is 20.9 Å². The Balaban J connectivity index is 0.914. The fourth-order valence-corrected chi connectivity index (χ4v) is 7.58. The van der Waals surface area contributed by atoms with Crippen molar-refractivity contribution in [2.24, 2.45) is 12.0 Å². The van der Waals surface area contributed by atoms with Crippen LogP contribution in [0.4, 0.5) is 28.4 Å².